The van der Waals surface area contributed by atoms with Gasteiger partial charge in [-0.25, -0.2) is 13.6 Å². The molecule has 4 aromatic rings. The number of hydrogen-bond donors (Lipinski definition) is 1. The first-order chi connectivity index (χ1) is 19.7. The molecule has 2 unspecified atom stereocenters. The molecule has 1 N–H and O–H groups in total. The molecule has 1 aromatic heterocycles. The van der Waals surface area contributed by atoms with Gasteiger partial charge in [0.05, 0.1) is 17.9 Å². The first-order valence-corrected chi connectivity index (χ1v) is 13.0. The molecular formula is C30H23ClF2N4O4. The SMILES string of the molecule is CC(=O)c1cn(CC(=O)N2CC(F)CC2C(=O)Nc2cccc(-c3ccccc3Cl)c2F)c2ccc(N=C=O)cc12. The summed E-state index contributed by atoms with van der Waals surface area (Å²) in [5, 5.41) is 3.32. The first-order valence-electron chi connectivity index (χ1n) is 12.7. The molecule has 0 saturated carbocycles. The highest BCUT2D eigenvalue weighted by Gasteiger charge is 2.40. The van der Waals surface area contributed by atoms with Crippen LogP contribution >= 0.6 is 11.6 Å². The highest BCUT2D eigenvalue weighted by Crippen LogP contribution is 2.33. The summed E-state index contributed by atoms with van der Waals surface area (Å²) >= 11 is 6.23. The molecule has 0 spiro atoms. The smallest absolute Gasteiger partial charge is 0.247 e. The zero-order chi connectivity index (χ0) is 29.3. The van der Waals surface area contributed by atoms with E-state index in [9.17, 15) is 23.6 Å². The van der Waals surface area contributed by atoms with Gasteiger partial charge in [0.25, 0.3) is 0 Å². The van der Waals surface area contributed by atoms with E-state index < -0.39 is 29.8 Å². The van der Waals surface area contributed by atoms with E-state index in [1.807, 2.05) is 0 Å². The number of carbonyl (C=O) groups excluding carboxylic acids is 4. The molecule has 3 aromatic carbocycles. The highest BCUT2D eigenvalue weighted by atomic mass is 35.5. The van der Waals surface area contributed by atoms with Gasteiger partial charge in [0.2, 0.25) is 17.9 Å². The van der Waals surface area contributed by atoms with Crippen LogP contribution in [0, 0.1) is 5.82 Å². The van der Waals surface area contributed by atoms with Crippen LogP contribution in [0.2, 0.25) is 5.02 Å². The van der Waals surface area contributed by atoms with Crippen LogP contribution < -0.4 is 5.32 Å². The third-order valence-electron chi connectivity index (χ3n) is 7.02. The number of Topliss-reactive ketones (excluding diaryl/α,β-unsaturated/α-hetero) is 1. The molecule has 5 rings (SSSR count). The topological polar surface area (TPSA) is 101 Å². The van der Waals surface area contributed by atoms with Gasteiger partial charge < -0.3 is 14.8 Å². The molecule has 208 valence electrons. The third kappa shape index (κ3) is 5.52. The largest absolute Gasteiger partial charge is 0.337 e. The number of alkyl halides is 1. The number of fused-ring (bicyclic) bond motifs is 1. The number of aromatic nitrogens is 1. The highest BCUT2D eigenvalue weighted by molar-refractivity contribution is 6.33. The van der Waals surface area contributed by atoms with Crippen LogP contribution in [0.1, 0.15) is 23.7 Å². The molecule has 0 bridgehead atoms. The zero-order valence-electron chi connectivity index (χ0n) is 21.7. The van der Waals surface area contributed by atoms with Crippen molar-refractivity contribution in [1.82, 2.24) is 9.47 Å². The molecule has 1 aliphatic rings. The van der Waals surface area contributed by atoms with Crippen molar-refractivity contribution in [2.24, 2.45) is 4.99 Å². The third-order valence-corrected chi connectivity index (χ3v) is 7.35. The maximum atomic E-state index is 15.4. The minimum atomic E-state index is -1.45. The number of amides is 2. The van der Waals surface area contributed by atoms with Crippen LogP contribution in [0.25, 0.3) is 22.0 Å². The van der Waals surface area contributed by atoms with E-state index in [1.54, 1.807) is 36.4 Å². The molecule has 1 aliphatic heterocycles. The van der Waals surface area contributed by atoms with E-state index in [0.717, 1.165) is 4.90 Å². The molecule has 1 saturated heterocycles. The summed E-state index contributed by atoms with van der Waals surface area (Å²) in [6.07, 6.45) is 1.24. The Balaban J connectivity index is 1.39. The Labute approximate surface area is 238 Å². The quantitative estimate of drug-likeness (QED) is 0.169. The summed E-state index contributed by atoms with van der Waals surface area (Å²) < 4.78 is 31.5. The van der Waals surface area contributed by atoms with E-state index in [2.05, 4.69) is 10.3 Å². The molecule has 2 amide bonds. The molecule has 8 nitrogen and oxygen atoms in total. The minimum absolute atomic E-state index is 0.126. The first kappa shape index (κ1) is 27.9. The van der Waals surface area contributed by atoms with Crippen molar-refractivity contribution in [2.75, 3.05) is 11.9 Å². The van der Waals surface area contributed by atoms with Crippen molar-refractivity contribution < 1.29 is 28.0 Å². The molecule has 2 heterocycles. The van der Waals surface area contributed by atoms with E-state index >= 15 is 4.39 Å². The van der Waals surface area contributed by atoms with Gasteiger partial charge in [-0.2, -0.15) is 4.99 Å². The second-order valence-electron chi connectivity index (χ2n) is 9.66. The molecule has 2 atom stereocenters. The Hall–Kier alpha value is -4.66. The number of hydrogen-bond acceptors (Lipinski definition) is 5. The van der Waals surface area contributed by atoms with Crippen LogP contribution in [0.4, 0.5) is 20.2 Å². The molecule has 1 fully saturated rings. The van der Waals surface area contributed by atoms with E-state index in [0.29, 0.717) is 32.7 Å². The fourth-order valence-electron chi connectivity index (χ4n) is 5.10. The Morgan fingerprint density at radius 2 is 1.85 bits per heavy atom. The van der Waals surface area contributed by atoms with Gasteiger partial charge in [0.1, 0.15) is 18.8 Å². The van der Waals surface area contributed by atoms with Crippen LogP contribution in [0.15, 0.2) is 71.9 Å². The van der Waals surface area contributed by atoms with E-state index in [1.165, 1.54) is 48.0 Å². The molecule has 0 aliphatic carbocycles. The summed E-state index contributed by atoms with van der Waals surface area (Å²) in [6.45, 7) is 0.772. The lowest BCUT2D eigenvalue weighted by Crippen LogP contribution is -2.44. The lowest BCUT2D eigenvalue weighted by atomic mass is 10.0. The average Bonchev–Trinajstić information content (AvgIpc) is 3.51. The number of halogens is 3. The van der Waals surface area contributed by atoms with Crippen LogP contribution in [0.5, 0.6) is 0 Å². The number of isocyanates is 1. The number of carbonyl (C=O) groups is 3. The maximum Gasteiger partial charge on any atom is 0.247 e. The lowest BCUT2D eigenvalue weighted by molar-refractivity contribution is -0.137. The van der Waals surface area contributed by atoms with Crippen molar-refractivity contribution in [2.45, 2.75) is 32.1 Å². The monoisotopic (exact) mass is 576 g/mol. The van der Waals surface area contributed by atoms with Gasteiger partial charge >= 0.3 is 0 Å². The molecular weight excluding hydrogens is 554 g/mol. The molecule has 41 heavy (non-hydrogen) atoms. The van der Waals surface area contributed by atoms with E-state index in [-0.39, 0.29) is 36.5 Å². The number of rotatable bonds is 7. The van der Waals surface area contributed by atoms with Gasteiger partial charge in [-0.1, -0.05) is 41.9 Å². The Morgan fingerprint density at radius 1 is 1.10 bits per heavy atom. The second-order valence-corrected chi connectivity index (χ2v) is 10.1. The fourth-order valence-corrected chi connectivity index (χ4v) is 5.33. The van der Waals surface area contributed by atoms with Crippen LogP contribution in [-0.4, -0.2) is 51.9 Å². The lowest BCUT2D eigenvalue weighted by Gasteiger charge is -2.24. The zero-order valence-corrected chi connectivity index (χ0v) is 22.5. The standard InChI is InChI=1S/C30H23ClF2N4O4/c1-17(39)23-14-36(26-10-9-19(34-16-38)12-22(23)26)15-28(40)37-13-18(32)11-27(37)30(41)35-25-8-4-6-21(29(25)33)20-5-2-3-7-24(20)31/h2-10,12,14,18,27H,11,13,15H2,1H3,(H,35,41). The summed E-state index contributed by atoms with van der Waals surface area (Å²) in [5.74, 6) is -2.27. The predicted octanol–water partition coefficient (Wildman–Crippen LogP) is 5.85. The second kappa shape index (κ2) is 11.4. The van der Waals surface area contributed by atoms with E-state index in [4.69, 9.17) is 11.6 Å². The Bertz CT molecular complexity index is 1750. The van der Waals surface area contributed by atoms with Crippen molar-refractivity contribution in [3.63, 3.8) is 0 Å². The fraction of sp³-hybridized carbons (Fsp3) is 0.200. The van der Waals surface area contributed by atoms with Crippen molar-refractivity contribution >= 4 is 57.6 Å². The average molecular weight is 577 g/mol. The number of aliphatic imine (C=N–C) groups is 1. The predicted molar refractivity (Wildman–Crippen MR) is 150 cm³/mol. The van der Waals surface area contributed by atoms with Gasteiger partial charge in [-0.15, -0.1) is 0 Å². The number of likely N-dealkylation sites (tertiary alicyclic amines) is 1. The summed E-state index contributed by atoms with van der Waals surface area (Å²) in [4.78, 5) is 54.2. The van der Waals surface area contributed by atoms with Gasteiger partial charge in [0, 0.05) is 45.2 Å². The summed E-state index contributed by atoms with van der Waals surface area (Å²) in [6, 6.07) is 14.6. The number of benzene rings is 3. The van der Waals surface area contributed by atoms with Crippen LogP contribution in [-0.2, 0) is 20.9 Å². The molecule has 0 radical (unpaired) electrons. The number of nitrogens with zero attached hydrogens (tertiary/aromatic N) is 3. The van der Waals surface area contributed by atoms with Gasteiger partial charge in [-0.05, 0) is 37.3 Å². The van der Waals surface area contributed by atoms with Gasteiger partial charge in [0.15, 0.2) is 11.6 Å². The molecule has 11 heteroatoms. The minimum Gasteiger partial charge on any atom is -0.337 e. The number of ketones is 1. The normalized spacial score (nSPS) is 16.4. The number of anilines is 1. The van der Waals surface area contributed by atoms with Gasteiger partial charge in [-0.3, -0.25) is 14.4 Å². The van der Waals surface area contributed by atoms with Crippen molar-refractivity contribution in [1.29, 1.82) is 0 Å². The Morgan fingerprint density at radius 3 is 2.59 bits per heavy atom. The van der Waals surface area contributed by atoms with Crippen molar-refractivity contribution in [3.8, 4) is 11.1 Å². The summed E-state index contributed by atoms with van der Waals surface area (Å²) in [7, 11) is 0. The number of nitrogens with one attached hydrogen (secondary N) is 1. The van der Waals surface area contributed by atoms with Crippen molar-refractivity contribution in [3.05, 3.63) is 83.3 Å². The van der Waals surface area contributed by atoms with Crippen LogP contribution in [0.3, 0.4) is 0 Å². The maximum absolute atomic E-state index is 15.4. The Kier molecular flexibility index (Phi) is 7.79. The summed E-state index contributed by atoms with van der Waals surface area (Å²) in [5.41, 5.74) is 1.62.